The zero-order chi connectivity index (χ0) is 19.9. The third kappa shape index (κ3) is 5.07. The van der Waals surface area contributed by atoms with E-state index in [0.717, 1.165) is 42.1 Å². The Morgan fingerprint density at radius 3 is 2.50 bits per heavy atom. The van der Waals surface area contributed by atoms with Gasteiger partial charge in [0, 0.05) is 18.0 Å². The molecule has 6 heteroatoms. The Kier molecular flexibility index (Phi) is 6.98. The number of nitrogens with zero attached hydrogens (tertiary/aromatic N) is 1. The number of carbonyl (C=O) groups is 2. The number of nitrogens with one attached hydrogen (secondary N) is 1. The molecule has 148 valence electrons. The molecule has 0 aromatic heterocycles. The molecule has 2 amide bonds. The van der Waals surface area contributed by atoms with E-state index in [2.05, 4.69) is 5.32 Å². The van der Waals surface area contributed by atoms with E-state index < -0.39 is 0 Å². The minimum Gasteiger partial charge on any atom is -0.494 e. The van der Waals surface area contributed by atoms with Crippen molar-refractivity contribution in [3.8, 4) is 5.75 Å². The molecule has 0 spiro atoms. The summed E-state index contributed by atoms with van der Waals surface area (Å²) in [4.78, 5) is 28.2. The van der Waals surface area contributed by atoms with Gasteiger partial charge in [0.25, 0.3) is 5.91 Å². The van der Waals surface area contributed by atoms with Gasteiger partial charge < -0.3 is 15.0 Å². The standard InChI is InChI=1S/C22H26N2O3S/c1-3-27-17-9-11-18(12-10-17)28-15-20(25)23-19-8-6-7-16(2)21(19)22(26)24-13-4-5-14-24/h6-12H,3-5,13-15H2,1-2H3,(H,23,25). The SMILES string of the molecule is CCOc1ccc(SCC(=O)Nc2cccc(C)c2C(=O)N2CCCC2)cc1. The average molecular weight is 399 g/mol. The predicted octanol–water partition coefficient (Wildman–Crippen LogP) is 4.36. The fourth-order valence-electron chi connectivity index (χ4n) is 3.27. The number of benzene rings is 2. The Morgan fingerprint density at radius 1 is 1.11 bits per heavy atom. The Hall–Kier alpha value is -2.47. The van der Waals surface area contributed by atoms with Crippen molar-refractivity contribution in [1.29, 1.82) is 0 Å². The molecule has 0 radical (unpaired) electrons. The maximum absolute atomic E-state index is 12.9. The zero-order valence-corrected chi connectivity index (χ0v) is 17.2. The molecule has 1 fully saturated rings. The van der Waals surface area contributed by atoms with Gasteiger partial charge >= 0.3 is 0 Å². The normalized spacial score (nSPS) is 13.4. The largest absolute Gasteiger partial charge is 0.494 e. The van der Waals surface area contributed by atoms with Crippen molar-refractivity contribution in [3.05, 3.63) is 53.6 Å². The topological polar surface area (TPSA) is 58.6 Å². The Labute approximate surface area is 170 Å². The molecule has 2 aromatic rings. The van der Waals surface area contributed by atoms with Crippen molar-refractivity contribution in [2.45, 2.75) is 31.6 Å². The Bertz CT molecular complexity index is 830. The van der Waals surface area contributed by atoms with Crippen LogP contribution in [0.2, 0.25) is 0 Å². The summed E-state index contributed by atoms with van der Waals surface area (Å²) in [6, 6.07) is 13.3. The fourth-order valence-corrected chi connectivity index (χ4v) is 3.97. The Balaban J connectivity index is 1.63. The molecule has 1 heterocycles. The first kappa shape index (κ1) is 20.3. The van der Waals surface area contributed by atoms with Crippen molar-refractivity contribution in [1.82, 2.24) is 4.90 Å². The second-order valence-corrected chi connectivity index (χ2v) is 7.79. The van der Waals surface area contributed by atoms with E-state index in [4.69, 9.17) is 4.74 Å². The molecule has 3 rings (SSSR count). The predicted molar refractivity (Wildman–Crippen MR) is 113 cm³/mol. The van der Waals surface area contributed by atoms with E-state index in [1.54, 1.807) is 6.07 Å². The van der Waals surface area contributed by atoms with Gasteiger partial charge in [-0.2, -0.15) is 0 Å². The highest BCUT2D eigenvalue weighted by Crippen LogP contribution is 2.25. The number of ether oxygens (including phenoxy) is 1. The van der Waals surface area contributed by atoms with E-state index in [9.17, 15) is 9.59 Å². The lowest BCUT2D eigenvalue weighted by Crippen LogP contribution is -2.29. The van der Waals surface area contributed by atoms with E-state index in [1.807, 2.05) is 55.1 Å². The lowest BCUT2D eigenvalue weighted by molar-refractivity contribution is -0.113. The summed E-state index contributed by atoms with van der Waals surface area (Å²) in [6.45, 7) is 6.06. The van der Waals surface area contributed by atoms with Crippen LogP contribution in [0.15, 0.2) is 47.4 Å². The molecule has 0 saturated carbocycles. The molecule has 1 aliphatic rings. The van der Waals surface area contributed by atoms with Crippen LogP contribution in [-0.2, 0) is 4.79 Å². The number of hydrogen-bond acceptors (Lipinski definition) is 4. The van der Waals surface area contributed by atoms with Gasteiger partial charge in [-0.15, -0.1) is 11.8 Å². The minimum absolute atomic E-state index is 0.00469. The van der Waals surface area contributed by atoms with Crippen LogP contribution < -0.4 is 10.1 Å². The number of carbonyl (C=O) groups excluding carboxylic acids is 2. The van der Waals surface area contributed by atoms with Crippen LogP contribution in [0.5, 0.6) is 5.75 Å². The summed E-state index contributed by atoms with van der Waals surface area (Å²) in [5.41, 5.74) is 2.08. The molecule has 0 aliphatic carbocycles. The van der Waals surface area contributed by atoms with Gasteiger partial charge in [-0.05, 0) is 62.6 Å². The maximum atomic E-state index is 12.9. The van der Waals surface area contributed by atoms with Gasteiger partial charge in [0.2, 0.25) is 5.91 Å². The van der Waals surface area contributed by atoms with Gasteiger partial charge in [0.05, 0.1) is 23.6 Å². The van der Waals surface area contributed by atoms with E-state index >= 15 is 0 Å². The van der Waals surface area contributed by atoms with E-state index in [0.29, 0.717) is 17.9 Å². The van der Waals surface area contributed by atoms with Crippen LogP contribution in [-0.4, -0.2) is 42.2 Å². The van der Waals surface area contributed by atoms with Crippen LogP contribution in [0, 0.1) is 6.92 Å². The number of thioether (sulfide) groups is 1. The summed E-state index contributed by atoms with van der Waals surface area (Å²) < 4.78 is 5.43. The van der Waals surface area contributed by atoms with Gasteiger partial charge in [-0.25, -0.2) is 0 Å². The molecule has 0 unspecified atom stereocenters. The fraction of sp³-hybridized carbons (Fsp3) is 0.364. The van der Waals surface area contributed by atoms with Gasteiger partial charge in [-0.1, -0.05) is 12.1 Å². The van der Waals surface area contributed by atoms with Crippen LogP contribution in [0.4, 0.5) is 5.69 Å². The molecule has 1 N–H and O–H groups in total. The molecule has 5 nitrogen and oxygen atoms in total. The number of anilines is 1. The second kappa shape index (κ2) is 9.64. The molecule has 0 bridgehead atoms. The zero-order valence-electron chi connectivity index (χ0n) is 16.4. The van der Waals surface area contributed by atoms with Crippen LogP contribution >= 0.6 is 11.8 Å². The lowest BCUT2D eigenvalue weighted by atomic mass is 10.0. The summed E-state index contributed by atoms with van der Waals surface area (Å²) in [5.74, 6) is 0.977. The van der Waals surface area contributed by atoms with Gasteiger partial charge in [-0.3, -0.25) is 9.59 Å². The van der Waals surface area contributed by atoms with E-state index in [1.165, 1.54) is 11.8 Å². The molecule has 1 aliphatic heterocycles. The molecular weight excluding hydrogens is 372 g/mol. The maximum Gasteiger partial charge on any atom is 0.256 e. The average Bonchev–Trinajstić information content (AvgIpc) is 3.22. The number of amides is 2. The summed E-state index contributed by atoms with van der Waals surface area (Å²) >= 11 is 1.46. The Morgan fingerprint density at radius 2 is 1.82 bits per heavy atom. The van der Waals surface area contributed by atoms with Gasteiger partial charge in [0.15, 0.2) is 0 Å². The summed E-state index contributed by atoms with van der Waals surface area (Å²) in [6.07, 6.45) is 2.08. The quantitative estimate of drug-likeness (QED) is 0.704. The first-order chi connectivity index (χ1) is 13.6. The van der Waals surface area contributed by atoms with Crippen LogP contribution in [0.3, 0.4) is 0 Å². The summed E-state index contributed by atoms with van der Waals surface area (Å²) in [7, 11) is 0. The number of aryl methyl sites for hydroxylation is 1. The number of hydrogen-bond donors (Lipinski definition) is 1. The van der Waals surface area contributed by atoms with Crippen molar-refractivity contribution in [3.63, 3.8) is 0 Å². The van der Waals surface area contributed by atoms with E-state index in [-0.39, 0.29) is 17.6 Å². The lowest BCUT2D eigenvalue weighted by Gasteiger charge is -2.19. The monoisotopic (exact) mass is 398 g/mol. The highest BCUT2D eigenvalue weighted by Gasteiger charge is 2.24. The molecule has 0 atom stereocenters. The van der Waals surface area contributed by atoms with Crippen molar-refractivity contribution >= 4 is 29.3 Å². The van der Waals surface area contributed by atoms with Crippen LogP contribution in [0.1, 0.15) is 35.7 Å². The molecule has 2 aromatic carbocycles. The van der Waals surface area contributed by atoms with Gasteiger partial charge in [0.1, 0.15) is 5.75 Å². The third-order valence-corrected chi connectivity index (χ3v) is 5.67. The molecular formula is C22H26N2O3S. The third-order valence-electron chi connectivity index (χ3n) is 4.66. The molecule has 28 heavy (non-hydrogen) atoms. The van der Waals surface area contributed by atoms with Crippen LogP contribution in [0.25, 0.3) is 0 Å². The smallest absolute Gasteiger partial charge is 0.256 e. The highest BCUT2D eigenvalue weighted by atomic mass is 32.2. The number of likely N-dealkylation sites (tertiary alicyclic amines) is 1. The van der Waals surface area contributed by atoms with Crippen molar-refractivity contribution in [2.75, 3.05) is 30.8 Å². The van der Waals surface area contributed by atoms with Crippen molar-refractivity contribution < 1.29 is 14.3 Å². The highest BCUT2D eigenvalue weighted by molar-refractivity contribution is 8.00. The van der Waals surface area contributed by atoms with Crippen molar-refractivity contribution in [2.24, 2.45) is 0 Å². The first-order valence-corrected chi connectivity index (χ1v) is 10.6. The molecule has 1 saturated heterocycles. The first-order valence-electron chi connectivity index (χ1n) is 9.63. The number of rotatable bonds is 7. The summed E-state index contributed by atoms with van der Waals surface area (Å²) in [5, 5.41) is 2.93. The minimum atomic E-state index is -0.125. The second-order valence-electron chi connectivity index (χ2n) is 6.74.